The molecule has 1 fully saturated rings. The highest BCUT2D eigenvalue weighted by Crippen LogP contribution is 2.28. The zero-order chi connectivity index (χ0) is 17.7. The summed E-state index contributed by atoms with van der Waals surface area (Å²) in [6, 6.07) is 1.71. The molecule has 1 heterocycles. The number of rotatable bonds is 6. The molecular formula is C15H19Br2N3O4. The third-order valence-electron chi connectivity index (χ3n) is 4.15. The molecule has 9 heteroatoms. The zero-order valence-electron chi connectivity index (χ0n) is 12.9. The SMILES string of the molecule is O=C(O)CNC(=O)C1CCC(CNC(=O)c2cc(Br)c(Br)[nH]2)CC1. The van der Waals surface area contributed by atoms with Crippen molar-refractivity contribution in [3.05, 3.63) is 20.8 Å². The largest absolute Gasteiger partial charge is 0.480 e. The second kappa shape index (κ2) is 8.66. The number of hydrogen-bond acceptors (Lipinski definition) is 3. The second-order valence-corrected chi connectivity index (χ2v) is 7.53. The van der Waals surface area contributed by atoms with Crippen LogP contribution in [0.5, 0.6) is 0 Å². The summed E-state index contributed by atoms with van der Waals surface area (Å²) < 4.78 is 1.51. The molecule has 0 bridgehead atoms. The van der Waals surface area contributed by atoms with Gasteiger partial charge in [0.15, 0.2) is 0 Å². The molecule has 1 aliphatic rings. The summed E-state index contributed by atoms with van der Waals surface area (Å²) in [5, 5.41) is 13.9. The number of carbonyl (C=O) groups is 3. The maximum absolute atomic E-state index is 12.1. The fourth-order valence-electron chi connectivity index (χ4n) is 2.79. The van der Waals surface area contributed by atoms with Crippen molar-refractivity contribution in [1.82, 2.24) is 15.6 Å². The lowest BCUT2D eigenvalue weighted by molar-refractivity contribution is -0.138. The van der Waals surface area contributed by atoms with Crippen LogP contribution in [0.1, 0.15) is 36.2 Å². The molecule has 0 spiro atoms. The van der Waals surface area contributed by atoms with E-state index in [4.69, 9.17) is 5.11 Å². The minimum absolute atomic E-state index is 0.133. The van der Waals surface area contributed by atoms with Gasteiger partial charge in [0.25, 0.3) is 5.91 Å². The van der Waals surface area contributed by atoms with Crippen molar-refractivity contribution in [2.45, 2.75) is 25.7 Å². The van der Waals surface area contributed by atoms with Crippen LogP contribution in [-0.2, 0) is 9.59 Å². The molecule has 0 aliphatic heterocycles. The molecule has 24 heavy (non-hydrogen) atoms. The van der Waals surface area contributed by atoms with Crippen molar-refractivity contribution >= 4 is 49.6 Å². The van der Waals surface area contributed by atoms with Crippen LogP contribution in [0.15, 0.2) is 15.1 Å². The van der Waals surface area contributed by atoms with Crippen molar-refractivity contribution in [3.63, 3.8) is 0 Å². The summed E-state index contributed by atoms with van der Waals surface area (Å²) in [5.74, 6) is -1.20. The first kappa shape index (κ1) is 19.0. The summed E-state index contributed by atoms with van der Waals surface area (Å²) in [5.41, 5.74) is 0.482. The quantitative estimate of drug-likeness (QED) is 0.517. The highest BCUT2D eigenvalue weighted by molar-refractivity contribution is 9.13. The van der Waals surface area contributed by atoms with Crippen molar-refractivity contribution in [3.8, 4) is 0 Å². The standard InChI is InChI=1S/C15H19Br2N3O4/c16-10-5-11(20-13(10)17)15(24)18-6-8-1-3-9(4-2-8)14(23)19-7-12(21)22/h5,8-9,20H,1-4,6-7H2,(H,18,24)(H,19,23)(H,21,22). The van der Waals surface area contributed by atoms with Crippen LogP contribution in [-0.4, -0.2) is 41.0 Å². The number of aromatic nitrogens is 1. The Morgan fingerprint density at radius 3 is 2.38 bits per heavy atom. The third-order valence-corrected chi connectivity index (χ3v) is 5.94. The average Bonchev–Trinajstić information content (AvgIpc) is 2.90. The van der Waals surface area contributed by atoms with Gasteiger partial charge in [0.1, 0.15) is 12.2 Å². The smallest absolute Gasteiger partial charge is 0.322 e. The molecule has 0 atom stereocenters. The van der Waals surface area contributed by atoms with E-state index < -0.39 is 5.97 Å². The molecule has 0 aromatic carbocycles. The number of aliphatic carboxylic acids is 1. The maximum Gasteiger partial charge on any atom is 0.322 e. The normalized spacial score (nSPS) is 20.4. The van der Waals surface area contributed by atoms with Crippen LogP contribution >= 0.6 is 31.9 Å². The van der Waals surface area contributed by atoms with E-state index in [1.54, 1.807) is 6.07 Å². The molecule has 132 valence electrons. The van der Waals surface area contributed by atoms with E-state index in [9.17, 15) is 14.4 Å². The molecule has 0 radical (unpaired) electrons. The Labute approximate surface area is 156 Å². The van der Waals surface area contributed by atoms with Crippen LogP contribution in [0, 0.1) is 11.8 Å². The van der Waals surface area contributed by atoms with Crippen LogP contribution in [0.25, 0.3) is 0 Å². The summed E-state index contributed by atoms with van der Waals surface area (Å²) in [6.07, 6.45) is 3.10. The summed E-state index contributed by atoms with van der Waals surface area (Å²) in [4.78, 5) is 37.3. The second-order valence-electron chi connectivity index (χ2n) is 5.88. The molecule has 4 N–H and O–H groups in total. The minimum atomic E-state index is -1.04. The summed E-state index contributed by atoms with van der Waals surface area (Å²) >= 11 is 6.62. The van der Waals surface area contributed by atoms with Gasteiger partial charge in [-0.2, -0.15) is 0 Å². The van der Waals surface area contributed by atoms with Gasteiger partial charge in [-0.15, -0.1) is 0 Å². The molecule has 1 aliphatic carbocycles. The number of halogens is 2. The van der Waals surface area contributed by atoms with Crippen molar-refractivity contribution in [2.24, 2.45) is 11.8 Å². The van der Waals surface area contributed by atoms with E-state index in [0.717, 1.165) is 21.9 Å². The van der Waals surface area contributed by atoms with Gasteiger partial charge >= 0.3 is 5.97 Å². The maximum atomic E-state index is 12.1. The highest BCUT2D eigenvalue weighted by Gasteiger charge is 2.26. The van der Waals surface area contributed by atoms with Gasteiger partial charge in [-0.1, -0.05) is 0 Å². The van der Waals surface area contributed by atoms with E-state index in [-0.39, 0.29) is 24.3 Å². The van der Waals surface area contributed by atoms with Crippen LogP contribution in [0.4, 0.5) is 0 Å². The van der Waals surface area contributed by atoms with Gasteiger partial charge in [-0.3, -0.25) is 14.4 Å². The fraction of sp³-hybridized carbons (Fsp3) is 0.533. The molecule has 0 saturated heterocycles. The summed E-state index contributed by atoms with van der Waals surface area (Å²) in [6.45, 7) is 0.229. The Morgan fingerprint density at radius 1 is 1.17 bits per heavy atom. The third kappa shape index (κ3) is 5.34. The van der Waals surface area contributed by atoms with Crippen LogP contribution < -0.4 is 10.6 Å². The fourth-order valence-corrected chi connectivity index (χ4v) is 3.45. The summed E-state index contributed by atoms with van der Waals surface area (Å²) in [7, 11) is 0. The molecule has 2 rings (SSSR count). The van der Waals surface area contributed by atoms with Crippen molar-refractivity contribution in [2.75, 3.05) is 13.1 Å². The topological polar surface area (TPSA) is 111 Å². The van der Waals surface area contributed by atoms with E-state index in [1.807, 2.05) is 0 Å². The predicted molar refractivity (Wildman–Crippen MR) is 94.6 cm³/mol. The first-order valence-electron chi connectivity index (χ1n) is 7.68. The average molecular weight is 465 g/mol. The van der Waals surface area contributed by atoms with Crippen molar-refractivity contribution < 1.29 is 19.5 Å². The van der Waals surface area contributed by atoms with Gasteiger partial charge in [-0.05, 0) is 69.5 Å². The van der Waals surface area contributed by atoms with Gasteiger partial charge in [0, 0.05) is 12.5 Å². The molecule has 1 aromatic rings. The van der Waals surface area contributed by atoms with Crippen LogP contribution in [0.3, 0.4) is 0 Å². The van der Waals surface area contributed by atoms with Crippen molar-refractivity contribution in [1.29, 1.82) is 0 Å². The molecule has 0 unspecified atom stereocenters. The van der Waals surface area contributed by atoms with Gasteiger partial charge < -0.3 is 20.7 Å². The molecule has 2 amide bonds. The lowest BCUT2D eigenvalue weighted by Crippen LogP contribution is -2.38. The first-order chi connectivity index (χ1) is 11.4. The molecule has 1 aromatic heterocycles. The number of nitrogens with one attached hydrogen (secondary N) is 3. The lowest BCUT2D eigenvalue weighted by atomic mass is 9.81. The Balaban J connectivity index is 1.72. The first-order valence-corrected chi connectivity index (χ1v) is 9.27. The van der Waals surface area contributed by atoms with E-state index in [2.05, 4.69) is 47.5 Å². The number of hydrogen-bond donors (Lipinski definition) is 4. The number of carboxylic acid groups (broad SMARTS) is 1. The zero-order valence-corrected chi connectivity index (χ0v) is 16.1. The van der Waals surface area contributed by atoms with Crippen LogP contribution in [0.2, 0.25) is 0 Å². The molecular weight excluding hydrogens is 446 g/mol. The van der Waals surface area contributed by atoms with Gasteiger partial charge in [0.2, 0.25) is 5.91 Å². The van der Waals surface area contributed by atoms with E-state index >= 15 is 0 Å². The lowest BCUT2D eigenvalue weighted by Gasteiger charge is -2.27. The monoisotopic (exact) mass is 463 g/mol. The Morgan fingerprint density at radius 2 is 1.83 bits per heavy atom. The predicted octanol–water partition coefficient (Wildman–Crippen LogP) is 2.28. The molecule has 1 saturated carbocycles. The highest BCUT2D eigenvalue weighted by atomic mass is 79.9. The number of H-pyrrole nitrogens is 1. The number of amides is 2. The number of aromatic amines is 1. The number of carbonyl (C=O) groups excluding carboxylic acids is 2. The molecule has 7 nitrogen and oxygen atoms in total. The Bertz CT molecular complexity index is 605. The minimum Gasteiger partial charge on any atom is -0.480 e. The van der Waals surface area contributed by atoms with E-state index in [1.165, 1.54) is 0 Å². The Kier molecular flexibility index (Phi) is 6.85. The number of carboxylic acids is 1. The van der Waals surface area contributed by atoms with Gasteiger partial charge in [0.05, 0.1) is 9.08 Å². The van der Waals surface area contributed by atoms with E-state index in [0.29, 0.717) is 31.0 Å². The van der Waals surface area contributed by atoms with Gasteiger partial charge in [-0.25, -0.2) is 0 Å². The Hall–Kier alpha value is -1.35.